The van der Waals surface area contributed by atoms with Crippen molar-refractivity contribution < 1.29 is 14.3 Å². The highest BCUT2D eigenvalue weighted by Gasteiger charge is 2.21. The van der Waals surface area contributed by atoms with Crippen LogP contribution in [-0.2, 0) is 0 Å². The van der Waals surface area contributed by atoms with Gasteiger partial charge in [-0.2, -0.15) is 0 Å². The molecule has 0 radical (unpaired) electrons. The van der Waals surface area contributed by atoms with Crippen molar-refractivity contribution in [2.24, 2.45) is 5.92 Å². The zero-order valence-electron chi connectivity index (χ0n) is 12.9. The molecule has 2 aliphatic heterocycles. The summed E-state index contributed by atoms with van der Waals surface area (Å²) in [4.78, 5) is 14.8. The molecule has 4 nitrogen and oxygen atoms in total. The predicted molar refractivity (Wildman–Crippen MR) is 86.2 cm³/mol. The Morgan fingerprint density at radius 3 is 2.77 bits per heavy atom. The largest absolute Gasteiger partial charge is 0.486 e. The number of hydrogen-bond donors (Lipinski definition) is 0. The molecule has 0 saturated carbocycles. The normalized spacial score (nSPS) is 21.6. The fourth-order valence-corrected chi connectivity index (χ4v) is 3.42. The molecule has 2 aliphatic rings. The molecular weight excluding hydrogens is 302 g/mol. The standard InChI is InChI=1S/C17H22ClNO3/c1-12-3-2-5-19(11-12)6-4-15(20)13-9-16-17(10-14(13)18)22-8-7-21-16/h9-10,12H,2-8,11H2,1H3. The van der Waals surface area contributed by atoms with Gasteiger partial charge in [-0.1, -0.05) is 18.5 Å². The predicted octanol–water partition coefficient (Wildman–Crippen LogP) is 3.42. The zero-order chi connectivity index (χ0) is 15.5. The van der Waals surface area contributed by atoms with Crippen LogP contribution in [0.2, 0.25) is 5.02 Å². The second-order valence-corrected chi connectivity index (χ2v) is 6.60. The summed E-state index contributed by atoms with van der Waals surface area (Å²) in [7, 11) is 0. The lowest BCUT2D eigenvalue weighted by molar-refractivity contribution is 0.0948. The lowest BCUT2D eigenvalue weighted by Gasteiger charge is -2.30. The number of halogens is 1. The average Bonchev–Trinajstić information content (AvgIpc) is 2.52. The maximum Gasteiger partial charge on any atom is 0.165 e. The van der Waals surface area contributed by atoms with Crippen molar-refractivity contribution in [2.45, 2.75) is 26.2 Å². The molecule has 0 spiro atoms. The SMILES string of the molecule is CC1CCCN(CCC(=O)c2cc3c(cc2Cl)OCCO3)C1. The molecule has 0 aliphatic carbocycles. The first kappa shape index (κ1) is 15.6. The maximum absolute atomic E-state index is 12.5. The van der Waals surface area contributed by atoms with Gasteiger partial charge in [0.2, 0.25) is 0 Å². The Balaban J connectivity index is 1.64. The molecule has 3 rings (SSSR count). The van der Waals surface area contributed by atoms with Gasteiger partial charge in [-0.15, -0.1) is 0 Å². The molecule has 5 heteroatoms. The van der Waals surface area contributed by atoms with Crippen LogP contribution in [0.3, 0.4) is 0 Å². The Bertz CT molecular complexity index is 561. The van der Waals surface area contributed by atoms with Gasteiger partial charge in [-0.3, -0.25) is 4.79 Å². The fraction of sp³-hybridized carbons (Fsp3) is 0.588. The molecule has 0 N–H and O–H groups in total. The summed E-state index contributed by atoms with van der Waals surface area (Å²) in [6, 6.07) is 3.41. The number of carbonyl (C=O) groups is 1. The Kier molecular flexibility index (Phi) is 4.89. The van der Waals surface area contributed by atoms with Crippen molar-refractivity contribution in [3.63, 3.8) is 0 Å². The Morgan fingerprint density at radius 1 is 1.32 bits per heavy atom. The van der Waals surface area contributed by atoms with E-state index in [2.05, 4.69) is 11.8 Å². The lowest BCUT2D eigenvalue weighted by Crippen LogP contribution is -2.35. The van der Waals surface area contributed by atoms with Gasteiger partial charge in [0, 0.05) is 31.1 Å². The van der Waals surface area contributed by atoms with Crippen molar-refractivity contribution >= 4 is 17.4 Å². The third-order valence-corrected chi connectivity index (χ3v) is 4.64. The highest BCUT2D eigenvalue weighted by atomic mass is 35.5. The first-order valence-corrected chi connectivity index (χ1v) is 8.36. The molecule has 1 saturated heterocycles. The highest BCUT2D eigenvalue weighted by Crippen LogP contribution is 2.35. The number of piperidine rings is 1. The minimum Gasteiger partial charge on any atom is -0.486 e. The molecule has 1 aromatic carbocycles. The van der Waals surface area contributed by atoms with Crippen LogP contribution >= 0.6 is 11.6 Å². The quantitative estimate of drug-likeness (QED) is 0.796. The monoisotopic (exact) mass is 323 g/mol. The van der Waals surface area contributed by atoms with E-state index in [1.807, 2.05) is 0 Å². The van der Waals surface area contributed by atoms with Gasteiger partial charge >= 0.3 is 0 Å². The van der Waals surface area contributed by atoms with Gasteiger partial charge in [-0.05, 0) is 31.4 Å². The van der Waals surface area contributed by atoms with Gasteiger partial charge in [0.05, 0.1) is 5.02 Å². The van der Waals surface area contributed by atoms with Crippen LogP contribution in [0.1, 0.15) is 36.5 Å². The molecule has 0 amide bonds. The molecular formula is C17H22ClNO3. The number of benzene rings is 1. The van der Waals surface area contributed by atoms with Crippen LogP contribution in [0.15, 0.2) is 12.1 Å². The number of ether oxygens (including phenoxy) is 2. The number of fused-ring (bicyclic) bond motifs is 1. The van der Waals surface area contributed by atoms with E-state index in [4.69, 9.17) is 21.1 Å². The van der Waals surface area contributed by atoms with E-state index in [1.54, 1.807) is 12.1 Å². The number of carbonyl (C=O) groups excluding carboxylic acids is 1. The van der Waals surface area contributed by atoms with Gasteiger partial charge in [0.25, 0.3) is 0 Å². The van der Waals surface area contributed by atoms with Crippen molar-refractivity contribution in [1.29, 1.82) is 0 Å². The summed E-state index contributed by atoms with van der Waals surface area (Å²) >= 11 is 6.23. The summed E-state index contributed by atoms with van der Waals surface area (Å²) in [5.41, 5.74) is 0.538. The van der Waals surface area contributed by atoms with E-state index < -0.39 is 0 Å². The maximum atomic E-state index is 12.5. The average molecular weight is 324 g/mol. The number of nitrogens with zero attached hydrogens (tertiary/aromatic N) is 1. The van der Waals surface area contributed by atoms with Crippen molar-refractivity contribution in [2.75, 3.05) is 32.8 Å². The topological polar surface area (TPSA) is 38.8 Å². The van der Waals surface area contributed by atoms with E-state index in [0.29, 0.717) is 41.7 Å². The first-order chi connectivity index (χ1) is 10.6. The number of ketones is 1. The zero-order valence-corrected chi connectivity index (χ0v) is 13.7. The summed E-state index contributed by atoms with van der Waals surface area (Å²) in [6.07, 6.45) is 3.00. The number of likely N-dealkylation sites (tertiary alicyclic amines) is 1. The number of rotatable bonds is 4. The van der Waals surface area contributed by atoms with Gasteiger partial charge in [-0.25, -0.2) is 0 Å². The van der Waals surface area contributed by atoms with Crippen molar-refractivity contribution in [3.05, 3.63) is 22.7 Å². The van der Waals surface area contributed by atoms with E-state index in [9.17, 15) is 4.79 Å². The van der Waals surface area contributed by atoms with Crippen LogP contribution < -0.4 is 9.47 Å². The van der Waals surface area contributed by atoms with Crippen LogP contribution in [0, 0.1) is 5.92 Å². The Hall–Kier alpha value is -1.26. The van der Waals surface area contributed by atoms with E-state index in [-0.39, 0.29) is 5.78 Å². The Labute approximate surface area is 136 Å². The highest BCUT2D eigenvalue weighted by molar-refractivity contribution is 6.34. The van der Waals surface area contributed by atoms with E-state index in [0.717, 1.165) is 25.6 Å². The third kappa shape index (κ3) is 3.55. The van der Waals surface area contributed by atoms with Crippen molar-refractivity contribution in [3.8, 4) is 11.5 Å². The fourth-order valence-electron chi connectivity index (χ4n) is 3.16. The molecule has 2 heterocycles. The van der Waals surface area contributed by atoms with Crippen LogP contribution in [0.5, 0.6) is 11.5 Å². The van der Waals surface area contributed by atoms with E-state index in [1.165, 1.54) is 12.8 Å². The molecule has 22 heavy (non-hydrogen) atoms. The second kappa shape index (κ2) is 6.88. The summed E-state index contributed by atoms with van der Waals surface area (Å²) in [6.45, 7) is 6.27. The third-order valence-electron chi connectivity index (χ3n) is 4.33. The van der Waals surface area contributed by atoms with Gasteiger partial charge < -0.3 is 14.4 Å². The lowest BCUT2D eigenvalue weighted by atomic mass is 9.99. The molecule has 0 aromatic heterocycles. The minimum absolute atomic E-state index is 0.0696. The summed E-state index contributed by atoms with van der Waals surface area (Å²) in [5.74, 6) is 2.03. The number of Topliss-reactive ketones (excluding diaryl/α,β-unsaturated/α-hetero) is 1. The first-order valence-electron chi connectivity index (χ1n) is 7.98. The summed E-state index contributed by atoms with van der Waals surface area (Å²) < 4.78 is 11.0. The molecule has 0 bridgehead atoms. The molecule has 1 aromatic rings. The minimum atomic E-state index is 0.0696. The Morgan fingerprint density at radius 2 is 2.05 bits per heavy atom. The number of hydrogen-bond acceptors (Lipinski definition) is 4. The molecule has 1 fully saturated rings. The molecule has 120 valence electrons. The molecule has 1 atom stereocenters. The van der Waals surface area contributed by atoms with E-state index >= 15 is 0 Å². The smallest absolute Gasteiger partial charge is 0.165 e. The van der Waals surface area contributed by atoms with Crippen LogP contribution in [0.25, 0.3) is 0 Å². The van der Waals surface area contributed by atoms with Crippen molar-refractivity contribution in [1.82, 2.24) is 4.90 Å². The van der Waals surface area contributed by atoms with Crippen LogP contribution in [0.4, 0.5) is 0 Å². The van der Waals surface area contributed by atoms with Gasteiger partial charge in [0.1, 0.15) is 13.2 Å². The van der Waals surface area contributed by atoms with Gasteiger partial charge in [0.15, 0.2) is 17.3 Å². The van der Waals surface area contributed by atoms with Crippen LogP contribution in [-0.4, -0.2) is 43.5 Å². The second-order valence-electron chi connectivity index (χ2n) is 6.20. The summed E-state index contributed by atoms with van der Waals surface area (Å²) in [5, 5.41) is 0.446. The molecule has 1 unspecified atom stereocenters.